The van der Waals surface area contributed by atoms with E-state index in [9.17, 15) is 4.79 Å². The Morgan fingerprint density at radius 2 is 1.97 bits per heavy atom. The number of aromatic nitrogens is 4. The van der Waals surface area contributed by atoms with Crippen LogP contribution in [0.5, 0.6) is 5.75 Å². The number of rotatable bonds is 10. The number of allylic oxidation sites excluding steroid dienone is 1. The van der Waals surface area contributed by atoms with E-state index < -0.39 is 0 Å². The molecule has 1 saturated carbocycles. The lowest BCUT2D eigenvalue weighted by Gasteiger charge is -2.07. The largest absolute Gasteiger partial charge is 0.493 e. The van der Waals surface area contributed by atoms with E-state index in [2.05, 4.69) is 38.1 Å². The number of hydrogen-bond donors (Lipinski definition) is 1. The number of carbonyl (C=O) groups is 1. The Kier molecular flexibility index (Phi) is 7.11. The molecule has 35 heavy (non-hydrogen) atoms. The molecule has 0 bridgehead atoms. The Balaban J connectivity index is 1.15. The molecule has 178 valence electrons. The maximum Gasteiger partial charge on any atom is 0.222 e. The fraction of sp³-hybridized carbons (Fsp3) is 0.259. The van der Waals surface area contributed by atoms with Crippen LogP contribution < -0.4 is 4.74 Å². The van der Waals surface area contributed by atoms with Crippen LogP contribution >= 0.6 is 23.2 Å². The predicted octanol–water partition coefficient (Wildman–Crippen LogP) is 6.37. The van der Waals surface area contributed by atoms with E-state index in [1.807, 2.05) is 30.3 Å². The normalized spacial score (nSPS) is 13.5. The average Bonchev–Trinajstić information content (AvgIpc) is 3.63. The summed E-state index contributed by atoms with van der Waals surface area (Å²) in [4.78, 5) is 28.3. The highest BCUT2D eigenvalue weighted by Gasteiger charge is 2.24. The second-order valence-corrected chi connectivity index (χ2v) is 9.34. The molecule has 0 unspecified atom stereocenters. The van der Waals surface area contributed by atoms with Crippen LogP contribution in [-0.4, -0.2) is 32.3 Å². The average molecular weight is 507 g/mol. The third-order valence-electron chi connectivity index (χ3n) is 5.97. The molecule has 4 aromatic rings. The predicted molar refractivity (Wildman–Crippen MR) is 138 cm³/mol. The van der Waals surface area contributed by atoms with Gasteiger partial charge in [-0.05, 0) is 59.7 Å². The first-order chi connectivity index (χ1) is 17.0. The van der Waals surface area contributed by atoms with E-state index in [1.165, 1.54) is 24.6 Å². The van der Waals surface area contributed by atoms with Crippen molar-refractivity contribution in [3.63, 3.8) is 0 Å². The molecule has 2 aromatic carbocycles. The van der Waals surface area contributed by atoms with Crippen LogP contribution in [-0.2, 0) is 17.6 Å². The molecule has 0 radical (unpaired) electrons. The molecule has 1 aliphatic carbocycles. The summed E-state index contributed by atoms with van der Waals surface area (Å²) in [7, 11) is 0. The molecular formula is C27H24Cl2N4O2. The van der Waals surface area contributed by atoms with Crippen LogP contribution in [0.15, 0.2) is 54.7 Å². The SMILES string of the molecule is O=C(/C=C/c1ccccc1C1CC1)CCc1nc2ccc(OCCc3nc(Cl)ncc3Cl)cc2[nH]1. The number of ether oxygens (including phenoxy) is 1. The number of hydrogen-bond acceptors (Lipinski definition) is 5. The number of fused-ring (bicyclic) bond motifs is 1. The Bertz CT molecular complexity index is 1400. The molecule has 1 aliphatic rings. The van der Waals surface area contributed by atoms with Gasteiger partial charge in [-0.2, -0.15) is 0 Å². The van der Waals surface area contributed by atoms with Gasteiger partial charge in [-0.15, -0.1) is 0 Å². The van der Waals surface area contributed by atoms with Gasteiger partial charge in [-0.1, -0.05) is 41.9 Å². The molecule has 0 saturated heterocycles. The van der Waals surface area contributed by atoms with Gasteiger partial charge in [0, 0.05) is 25.3 Å². The number of H-pyrrole nitrogens is 1. The lowest BCUT2D eigenvalue weighted by molar-refractivity contribution is -0.114. The number of halogens is 2. The first-order valence-corrected chi connectivity index (χ1v) is 12.4. The van der Waals surface area contributed by atoms with E-state index in [-0.39, 0.29) is 11.1 Å². The van der Waals surface area contributed by atoms with Crippen LogP contribution in [0.1, 0.15) is 47.8 Å². The van der Waals surface area contributed by atoms with Gasteiger partial charge in [0.15, 0.2) is 5.78 Å². The van der Waals surface area contributed by atoms with Gasteiger partial charge in [-0.3, -0.25) is 4.79 Å². The van der Waals surface area contributed by atoms with Gasteiger partial charge in [0.25, 0.3) is 0 Å². The Hall–Kier alpha value is -3.22. The summed E-state index contributed by atoms with van der Waals surface area (Å²) in [6.07, 6.45) is 9.05. The second-order valence-electron chi connectivity index (χ2n) is 8.60. The summed E-state index contributed by atoms with van der Waals surface area (Å²) >= 11 is 11.9. The molecule has 2 heterocycles. The number of benzene rings is 2. The monoisotopic (exact) mass is 506 g/mol. The van der Waals surface area contributed by atoms with Crippen LogP contribution in [0, 0.1) is 0 Å². The summed E-state index contributed by atoms with van der Waals surface area (Å²) in [6, 6.07) is 14.0. The van der Waals surface area contributed by atoms with Gasteiger partial charge < -0.3 is 9.72 Å². The Morgan fingerprint density at radius 3 is 2.83 bits per heavy atom. The quantitative estimate of drug-likeness (QED) is 0.199. The van der Waals surface area contributed by atoms with Crippen molar-refractivity contribution in [3.8, 4) is 5.75 Å². The topological polar surface area (TPSA) is 80.8 Å². The summed E-state index contributed by atoms with van der Waals surface area (Å²) in [5, 5.41) is 0.621. The van der Waals surface area contributed by atoms with Crippen molar-refractivity contribution in [1.82, 2.24) is 19.9 Å². The minimum absolute atomic E-state index is 0.0866. The van der Waals surface area contributed by atoms with Gasteiger partial charge in [0.05, 0.1) is 34.6 Å². The second kappa shape index (κ2) is 10.6. The maximum absolute atomic E-state index is 12.5. The summed E-state index contributed by atoms with van der Waals surface area (Å²) in [5.74, 6) is 2.22. The number of nitrogens with one attached hydrogen (secondary N) is 1. The molecule has 6 nitrogen and oxygen atoms in total. The molecule has 1 N–H and O–H groups in total. The van der Waals surface area contributed by atoms with Gasteiger partial charge in [0.1, 0.15) is 11.6 Å². The number of ketones is 1. The van der Waals surface area contributed by atoms with Crippen molar-refractivity contribution in [1.29, 1.82) is 0 Å². The number of carbonyl (C=O) groups excluding carboxylic acids is 1. The first kappa shape index (κ1) is 23.5. The first-order valence-electron chi connectivity index (χ1n) is 11.6. The molecule has 0 spiro atoms. The molecule has 5 rings (SSSR count). The lowest BCUT2D eigenvalue weighted by Crippen LogP contribution is -2.04. The zero-order valence-electron chi connectivity index (χ0n) is 19.0. The minimum atomic E-state index is 0.0866. The van der Waals surface area contributed by atoms with Gasteiger partial charge in [-0.25, -0.2) is 15.0 Å². The van der Waals surface area contributed by atoms with E-state index in [1.54, 1.807) is 6.08 Å². The van der Waals surface area contributed by atoms with Crippen molar-refractivity contribution in [2.75, 3.05) is 6.61 Å². The molecule has 2 aromatic heterocycles. The molecule has 0 aliphatic heterocycles. The summed E-state index contributed by atoms with van der Waals surface area (Å²) in [6.45, 7) is 0.393. The molecule has 0 amide bonds. The van der Waals surface area contributed by atoms with E-state index in [0.29, 0.717) is 48.3 Å². The highest BCUT2D eigenvalue weighted by atomic mass is 35.5. The van der Waals surface area contributed by atoms with Crippen LogP contribution in [0.2, 0.25) is 10.3 Å². The van der Waals surface area contributed by atoms with Gasteiger partial charge >= 0.3 is 0 Å². The Morgan fingerprint density at radius 1 is 1.11 bits per heavy atom. The minimum Gasteiger partial charge on any atom is -0.493 e. The van der Waals surface area contributed by atoms with Crippen LogP contribution in [0.4, 0.5) is 0 Å². The van der Waals surface area contributed by atoms with Gasteiger partial charge in [0.2, 0.25) is 5.28 Å². The lowest BCUT2D eigenvalue weighted by atomic mass is 10.0. The van der Waals surface area contributed by atoms with Crippen LogP contribution in [0.3, 0.4) is 0 Å². The van der Waals surface area contributed by atoms with E-state index >= 15 is 0 Å². The summed E-state index contributed by atoms with van der Waals surface area (Å²) in [5.41, 5.74) is 4.83. The third kappa shape index (κ3) is 6.08. The Labute approximate surface area is 213 Å². The van der Waals surface area contributed by atoms with E-state index in [4.69, 9.17) is 27.9 Å². The van der Waals surface area contributed by atoms with Crippen molar-refractivity contribution < 1.29 is 9.53 Å². The number of nitrogens with zero attached hydrogens (tertiary/aromatic N) is 3. The number of aromatic amines is 1. The zero-order valence-corrected chi connectivity index (χ0v) is 20.5. The highest BCUT2D eigenvalue weighted by molar-refractivity contribution is 6.31. The fourth-order valence-corrected chi connectivity index (χ4v) is 4.34. The van der Waals surface area contributed by atoms with Crippen molar-refractivity contribution >= 4 is 46.1 Å². The van der Waals surface area contributed by atoms with Crippen molar-refractivity contribution in [2.24, 2.45) is 0 Å². The molecule has 1 fully saturated rings. The fourth-order valence-electron chi connectivity index (χ4n) is 4.01. The number of imidazole rings is 1. The highest BCUT2D eigenvalue weighted by Crippen LogP contribution is 2.41. The standard InChI is InChI=1S/C27H24Cl2N4O2/c28-22-16-30-27(29)33-23(22)13-14-35-20-10-11-24-25(15-20)32-26(31-24)12-9-19(34)8-7-17-3-1-2-4-21(17)18-5-6-18/h1-4,7-8,10-11,15-16,18H,5-6,9,12-14H2,(H,31,32)/b8-7+. The maximum atomic E-state index is 12.5. The third-order valence-corrected chi connectivity index (χ3v) is 6.47. The van der Waals surface area contributed by atoms with Crippen LogP contribution in [0.25, 0.3) is 17.1 Å². The van der Waals surface area contributed by atoms with Crippen molar-refractivity contribution in [3.05, 3.63) is 87.7 Å². The molecule has 0 atom stereocenters. The zero-order chi connectivity index (χ0) is 24.2. The number of aryl methyl sites for hydroxylation is 1. The molecular weight excluding hydrogens is 483 g/mol. The molecule has 8 heteroatoms. The summed E-state index contributed by atoms with van der Waals surface area (Å²) < 4.78 is 5.85. The van der Waals surface area contributed by atoms with Crippen molar-refractivity contribution in [2.45, 2.75) is 38.0 Å². The van der Waals surface area contributed by atoms with E-state index in [0.717, 1.165) is 22.4 Å². The smallest absolute Gasteiger partial charge is 0.222 e.